The summed E-state index contributed by atoms with van der Waals surface area (Å²) in [5.74, 6) is 0. The van der Waals surface area contributed by atoms with Crippen LogP contribution in [0.25, 0.3) is 0 Å². The normalized spacial score (nSPS) is 15.5. The largest absolute Gasteiger partial charge is 0.283 e. The number of nitrogens with one attached hydrogen (secondary N) is 1. The maximum atomic E-state index is 12.7. The van der Waals surface area contributed by atoms with Crippen LogP contribution in [-0.2, 0) is 0 Å². The molecule has 0 saturated heterocycles. The maximum Gasteiger partial charge on any atom is 0.155 e. The van der Waals surface area contributed by atoms with Crippen LogP contribution in [0, 0.1) is 5.41 Å². The van der Waals surface area contributed by atoms with Crippen molar-refractivity contribution in [1.29, 1.82) is 5.41 Å². The average Bonchev–Trinajstić information content (AvgIpc) is 1.86. The molecule has 0 spiro atoms. The zero-order chi connectivity index (χ0) is 8.85. The van der Waals surface area contributed by atoms with Gasteiger partial charge in [-0.05, 0) is 13.3 Å². The second-order valence-electron chi connectivity index (χ2n) is 2.13. The van der Waals surface area contributed by atoms with E-state index in [4.69, 9.17) is 17.0 Å². The van der Waals surface area contributed by atoms with Gasteiger partial charge in [-0.1, -0.05) is 29.4 Å². The Labute approximate surface area is 75.5 Å². The molecule has 0 heterocycles. The van der Waals surface area contributed by atoms with Crippen LogP contribution in [-0.4, -0.2) is 15.9 Å². The van der Waals surface area contributed by atoms with Crippen LogP contribution < -0.4 is 0 Å². The number of hydrogen-bond donors (Lipinski definition) is 1. The standard InChI is InChI=1S/C7H11ClFNS/c1-3-4-6(5(2)9)11-7(8)10/h3,5-6,10H,1,4H2,2H3/t5-,6?/m0/s1. The lowest BCUT2D eigenvalue weighted by atomic mass is 10.2. The van der Waals surface area contributed by atoms with Gasteiger partial charge in [0, 0.05) is 5.25 Å². The highest BCUT2D eigenvalue weighted by atomic mass is 35.5. The molecule has 64 valence electrons. The van der Waals surface area contributed by atoms with Gasteiger partial charge < -0.3 is 0 Å². The monoisotopic (exact) mass is 195 g/mol. The number of thioether (sulfide) groups is 1. The maximum absolute atomic E-state index is 12.7. The third kappa shape index (κ3) is 5.27. The summed E-state index contributed by atoms with van der Waals surface area (Å²) >= 11 is 6.33. The van der Waals surface area contributed by atoms with Crippen LogP contribution in [0.3, 0.4) is 0 Å². The van der Waals surface area contributed by atoms with Gasteiger partial charge in [0.05, 0.1) is 0 Å². The van der Waals surface area contributed by atoms with E-state index in [0.717, 1.165) is 11.8 Å². The summed E-state index contributed by atoms with van der Waals surface area (Å²) in [6.45, 7) is 4.96. The Balaban J connectivity index is 3.88. The first-order valence-corrected chi connectivity index (χ1v) is 4.49. The summed E-state index contributed by atoms with van der Waals surface area (Å²) in [6.07, 6.45) is 1.21. The number of halogens is 2. The second kappa shape index (κ2) is 5.61. The van der Waals surface area contributed by atoms with E-state index in [0.29, 0.717) is 6.42 Å². The fraction of sp³-hybridized carbons (Fsp3) is 0.571. The first kappa shape index (κ1) is 11.0. The molecule has 0 aliphatic carbocycles. The minimum atomic E-state index is -0.961. The molecule has 0 bridgehead atoms. The lowest BCUT2D eigenvalue weighted by Crippen LogP contribution is -2.15. The van der Waals surface area contributed by atoms with Gasteiger partial charge >= 0.3 is 0 Å². The lowest BCUT2D eigenvalue weighted by molar-refractivity contribution is 0.352. The van der Waals surface area contributed by atoms with Crippen molar-refractivity contribution in [3.63, 3.8) is 0 Å². The fourth-order valence-electron chi connectivity index (χ4n) is 0.627. The molecular weight excluding hydrogens is 185 g/mol. The zero-order valence-electron chi connectivity index (χ0n) is 6.31. The molecule has 1 N–H and O–H groups in total. The van der Waals surface area contributed by atoms with Crippen molar-refractivity contribution in [2.75, 3.05) is 0 Å². The SMILES string of the molecule is C=CCC(SC(=N)Cl)[C@H](C)F. The molecule has 0 aromatic heterocycles. The Hall–Kier alpha value is -0.0200. The van der Waals surface area contributed by atoms with Crippen molar-refractivity contribution < 1.29 is 4.39 Å². The summed E-state index contributed by atoms with van der Waals surface area (Å²) in [5, 5.41) is 6.66. The predicted octanol–water partition coefficient (Wildman–Crippen LogP) is 3.20. The molecule has 2 atom stereocenters. The molecular formula is C7H11ClFNS. The smallest absolute Gasteiger partial charge is 0.155 e. The van der Waals surface area contributed by atoms with E-state index >= 15 is 0 Å². The quantitative estimate of drug-likeness (QED) is 0.416. The molecule has 0 amide bonds. The zero-order valence-corrected chi connectivity index (χ0v) is 7.88. The fourth-order valence-corrected chi connectivity index (χ4v) is 1.66. The van der Waals surface area contributed by atoms with E-state index in [1.54, 1.807) is 6.08 Å². The van der Waals surface area contributed by atoms with Crippen molar-refractivity contribution in [3.05, 3.63) is 12.7 Å². The number of rotatable bonds is 4. The molecule has 0 rings (SSSR count). The first-order valence-electron chi connectivity index (χ1n) is 3.23. The highest BCUT2D eigenvalue weighted by molar-refractivity contribution is 8.17. The van der Waals surface area contributed by atoms with Gasteiger partial charge in [0.1, 0.15) is 6.17 Å². The highest BCUT2D eigenvalue weighted by Crippen LogP contribution is 2.23. The van der Waals surface area contributed by atoms with Crippen LogP contribution in [0.15, 0.2) is 12.7 Å². The van der Waals surface area contributed by atoms with Crippen LogP contribution in [0.1, 0.15) is 13.3 Å². The van der Waals surface area contributed by atoms with Crippen LogP contribution in [0.4, 0.5) is 4.39 Å². The number of alkyl halides is 1. The molecule has 11 heavy (non-hydrogen) atoms. The van der Waals surface area contributed by atoms with Crippen molar-refractivity contribution in [1.82, 2.24) is 0 Å². The van der Waals surface area contributed by atoms with Crippen LogP contribution in [0.2, 0.25) is 0 Å². The van der Waals surface area contributed by atoms with E-state index in [1.165, 1.54) is 6.92 Å². The number of allylic oxidation sites excluding steroid dienone is 1. The second-order valence-corrected chi connectivity index (χ2v) is 3.98. The molecule has 0 aliphatic rings. The summed E-state index contributed by atoms with van der Waals surface area (Å²) < 4.78 is 12.6. The van der Waals surface area contributed by atoms with Crippen molar-refractivity contribution >= 4 is 27.9 Å². The Morgan fingerprint density at radius 3 is 2.73 bits per heavy atom. The van der Waals surface area contributed by atoms with Gasteiger partial charge in [-0.25, -0.2) is 4.39 Å². The molecule has 0 fully saturated rings. The molecule has 1 unspecified atom stereocenters. The van der Waals surface area contributed by atoms with Crippen molar-refractivity contribution in [2.45, 2.75) is 24.8 Å². The third-order valence-corrected chi connectivity index (χ3v) is 2.51. The average molecular weight is 196 g/mol. The van der Waals surface area contributed by atoms with Crippen LogP contribution in [0.5, 0.6) is 0 Å². The van der Waals surface area contributed by atoms with Gasteiger partial charge in [-0.15, -0.1) is 6.58 Å². The van der Waals surface area contributed by atoms with E-state index in [9.17, 15) is 4.39 Å². The number of hydrogen-bond acceptors (Lipinski definition) is 2. The molecule has 0 aromatic rings. The Kier molecular flexibility index (Phi) is 5.60. The Bertz CT molecular complexity index is 149. The molecule has 0 aromatic carbocycles. The van der Waals surface area contributed by atoms with E-state index < -0.39 is 6.17 Å². The first-order chi connectivity index (χ1) is 5.07. The third-order valence-electron chi connectivity index (χ3n) is 1.17. The van der Waals surface area contributed by atoms with Gasteiger partial charge in [0.2, 0.25) is 0 Å². The summed E-state index contributed by atoms with van der Waals surface area (Å²) in [5.41, 5.74) is 0. The van der Waals surface area contributed by atoms with E-state index in [-0.39, 0.29) is 9.75 Å². The lowest BCUT2D eigenvalue weighted by Gasteiger charge is -2.13. The minimum Gasteiger partial charge on any atom is -0.283 e. The molecule has 0 aliphatic heterocycles. The van der Waals surface area contributed by atoms with E-state index in [1.807, 2.05) is 0 Å². The highest BCUT2D eigenvalue weighted by Gasteiger charge is 2.16. The summed E-state index contributed by atoms with van der Waals surface area (Å²) in [7, 11) is 0. The predicted molar refractivity (Wildman–Crippen MR) is 50.3 cm³/mol. The Morgan fingerprint density at radius 2 is 2.45 bits per heavy atom. The molecule has 4 heteroatoms. The summed E-state index contributed by atoms with van der Waals surface area (Å²) in [4.78, 5) is 0. The van der Waals surface area contributed by atoms with Crippen molar-refractivity contribution in [3.8, 4) is 0 Å². The van der Waals surface area contributed by atoms with Gasteiger partial charge in [0.15, 0.2) is 4.50 Å². The van der Waals surface area contributed by atoms with Gasteiger partial charge in [-0.3, -0.25) is 5.41 Å². The van der Waals surface area contributed by atoms with Crippen molar-refractivity contribution in [2.24, 2.45) is 0 Å². The minimum absolute atomic E-state index is 0.0682. The topological polar surface area (TPSA) is 23.9 Å². The summed E-state index contributed by atoms with van der Waals surface area (Å²) in [6, 6.07) is 0. The molecule has 0 saturated carbocycles. The van der Waals surface area contributed by atoms with Crippen LogP contribution >= 0.6 is 23.4 Å². The van der Waals surface area contributed by atoms with Gasteiger partial charge in [0.25, 0.3) is 0 Å². The van der Waals surface area contributed by atoms with Gasteiger partial charge in [-0.2, -0.15) is 0 Å². The van der Waals surface area contributed by atoms with E-state index in [2.05, 4.69) is 6.58 Å². The molecule has 1 nitrogen and oxygen atoms in total. The molecule has 0 radical (unpaired) electrons. The Morgan fingerprint density at radius 1 is 1.91 bits per heavy atom.